The highest BCUT2D eigenvalue weighted by Gasteiger charge is 2.20. The van der Waals surface area contributed by atoms with E-state index in [1.54, 1.807) is 0 Å². The summed E-state index contributed by atoms with van der Waals surface area (Å²) < 4.78 is 6.62. The predicted octanol–water partition coefficient (Wildman–Crippen LogP) is 14.5. The molecular weight excluding hydrogens is 771 g/mol. The Hall–Kier alpha value is -8.61. The number of hydrogen-bond donors (Lipinski definition) is 0. The van der Waals surface area contributed by atoms with E-state index in [1.165, 1.54) is 0 Å². The Balaban J connectivity index is 1.13. The number of fused-ring (bicyclic) bond motifs is 5. The van der Waals surface area contributed by atoms with E-state index in [0.29, 0.717) is 23.1 Å². The number of hydrogen-bond acceptors (Lipinski definition) is 6. The number of rotatable bonds is 7. The lowest BCUT2D eigenvalue weighted by Crippen LogP contribution is -1.99. The average Bonchev–Trinajstić information content (AvgIpc) is 3.82. The Kier molecular flexibility index (Phi) is 8.71. The lowest BCUT2D eigenvalue weighted by Gasteiger charge is -2.14. The average molecular weight is 806 g/mol. The van der Waals surface area contributed by atoms with Crippen molar-refractivity contribution in [3.63, 3.8) is 0 Å². The minimum Gasteiger partial charge on any atom is -0.436 e. The summed E-state index contributed by atoms with van der Waals surface area (Å²) in [6, 6.07) is 72.8. The molecule has 0 radical (unpaired) electrons. The highest BCUT2D eigenvalue weighted by atomic mass is 16.3. The molecule has 6 nitrogen and oxygen atoms in total. The summed E-state index contributed by atoms with van der Waals surface area (Å²) in [5.41, 5.74) is 11.1. The summed E-state index contributed by atoms with van der Waals surface area (Å²) in [4.78, 5) is 26.5. The second-order valence-corrected chi connectivity index (χ2v) is 15.7. The zero-order valence-electron chi connectivity index (χ0n) is 33.9. The van der Waals surface area contributed by atoms with Crippen molar-refractivity contribution >= 4 is 43.4 Å². The van der Waals surface area contributed by atoms with Gasteiger partial charge in [-0.3, -0.25) is 0 Å². The molecule has 0 N–H and O–H groups in total. The molecule has 3 aromatic heterocycles. The van der Waals surface area contributed by atoms with Crippen LogP contribution in [0.2, 0.25) is 0 Å². The Morgan fingerprint density at radius 2 is 0.714 bits per heavy atom. The van der Waals surface area contributed by atoms with E-state index in [1.807, 2.05) is 54.6 Å². The van der Waals surface area contributed by atoms with Gasteiger partial charge in [0.15, 0.2) is 17.2 Å². The van der Waals surface area contributed by atoms with Crippen LogP contribution < -0.4 is 0 Å². The maximum absolute atomic E-state index is 6.62. The number of aromatic nitrogens is 5. The van der Waals surface area contributed by atoms with Crippen molar-refractivity contribution in [3.8, 4) is 79.3 Å². The summed E-state index contributed by atoms with van der Waals surface area (Å²) in [5, 5.41) is 6.63. The molecule has 0 amide bonds. The first kappa shape index (κ1) is 36.3. The SMILES string of the molecule is c1ccc(-c2cc(-c3cccc4ccccc34)nc(-c3cc(-c4nc(-c5ccccc5)cc(-c5cccc6ccccc56)n4)cc(-c4nc5c(ccc6ccccc65)o4)c3)n2)cc1. The molecule has 294 valence electrons. The van der Waals surface area contributed by atoms with E-state index in [-0.39, 0.29) is 0 Å². The molecule has 0 aliphatic carbocycles. The molecule has 0 bridgehead atoms. The van der Waals surface area contributed by atoms with Gasteiger partial charge < -0.3 is 4.42 Å². The van der Waals surface area contributed by atoms with Gasteiger partial charge in [0.25, 0.3) is 0 Å². The van der Waals surface area contributed by atoms with Gasteiger partial charge in [0.2, 0.25) is 5.89 Å². The minimum absolute atomic E-state index is 0.478. The maximum Gasteiger partial charge on any atom is 0.227 e. The summed E-state index contributed by atoms with van der Waals surface area (Å²) in [7, 11) is 0. The zero-order chi connectivity index (χ0) is 41.7. The fourth-order valence-electron chi connectivity index (χ4n) is 8.63. The quantitative estimate of drug-likeness (QED) is 0.160. The number of nitrogens with zero attached hydrogens (tertiary/aromatic N) is 5. The summed E-state index contributed by atoms with van der Waals surface area (Å²) in [6.45, 7) is 0. The fourth-order valence-corrected chi connectivity index (χ4v) is 8.63. The molecule has 12 aromatic rings. The van der Waals surface area contributed by atoms with Crippen LogP contribution in [-0.4, -0.2) is 24.9 Å². The smallest absolute Gasteiger partial charge is 0.227 e. The normalized spacial score (nSPS) is 11.5. The van der Waals surface area contributed by atoms with Crippen LogP contribution in [-0.2, 0) is 0 Å². The van der Waals surface area contributed by atoms with Gasteiger partial charge in [-0.2, -0.15) is 0 Å². The van der Waals surface area contributed by atoms with E-state index in [4.69, 9.17) is 29.3 Å². The molecule has 9 aromatic carbocycles. The monoisotopic (exact) mass is 805 g/mol. The Morgan fingerprint density at radius 1 is 0.286 bits per heavy atom. The van der Waals surface area contributed by atoms with Crippen molar-refractivity contribution in [1.29, 1.82) is 0 Å². The van der Waals surface area contributed by atoms with E-state index >= 15 is 0 Å². The summed E-state index contributed by atoms with van der Waals surface area (Å²) in [5.74, 6) is 1.58. The number of oxazole rings is 1. The molecule has 0 saturated carbocycles. The molecule has 0 spiro atoms. The predicted molar refractivity (Wildman–Crippen MR) is 256 cm³/mol. The first-order chi connectivity index (χ1) is 31.2. The minimum atomic E-state index is 0.478. The second kappa shape index (κ2) is 15.1. The van der Waals surface area contributed by atoms with Crippen molar-refractivity contribution in [2.24, 2.45) is 0 Å². The van der Waals surface area contributed by atoms with Crippen molar-refractivity contribution < 1.29 is 4.42 Å². The lowest BCUT2D eigenvalue weighted by atomic mass is 9.99. The summed E-state index contributed by atoms with van der Waals surface area (Å²) >= 11 is 0. The van der Waals surface area contributed by atoms with Crippen LogP contribution in [0.25, 0.3) is 123 Å². The second-order valence-electron chi connectivity index (χ2n) is 15.7. The molecule has 0 fully saturated rings. The van der Waals surface area contributed by atoms with Gasteiger partial charge in [0.05, 0.1) is 22.8 Å². The van der Waals surface area contributed by atoms with Gasteiger partial charge in [-0.1, -0.05) is 176 Å². The molecule has 12 rings (SSSR count). The molecule has 0 aliphatic heterocycles. The Bertz CT molecular complexity index is 3500. The van der Waals surface area contributed by atoms with Gasteiger partial charge in [0, 0.05) is 44.3 Å². The van der Waals surface area contributed by atoms with Crippen LogP contribution in [0.1, 0.15) is 0 Å². The molecule has 0 atom stereocenters. The van der Waals surface area contributed by atoms with Crippen molar-refractivity contribution in [2.45, 2.75) is 0 Å². The first-order valence-electron chi connectivity index (χ1n) is 21.0. The van der Waals surface area contributed by atoms with Crippen LogP contribution >= 0.6 is 0 Å². The fraction of sp³-hybridized carbons (Fsp3) is 0. The third-order valence-corrected chi connectivity index (χ3v) is 11.7. The molecule has 6 heteroatoms. The van der Waals surface area contributed by atoms with E-state index in [2.05, 4.69) is 158 Å². The molecule has 0 saturated heterocycles. The standard InChI is InChI=1S/C57H35N5O/c1-3-18-39(19-4-1)49-34-51(47-27-13-22-36-15-7-10-24-44(36)47)60-55(58-49)41-31-42(33-43(32-41)57-62-54-46-26-12-9-17-38(46)29-30-53(54)63-57)56-59-50(40-20-5-2-6-21-40)35-52(61-56)48-28-14-23-37-16-8-11-25-45(37)48/h1-35H. The van der Waals surface area contributed by atoms with Crippen LogP contribution in [0.5, 0.6) is 0 Å². The van der Waals surface area contributed by atoms with Crippen LogP contribution in [0.15, 0.2) is 217 Å². The van der Waals surface area contributed by atoms with Crippen molar-refractivity contribution in [2.75, 3.05) is 0 Å². The van der Waals surface area contributed by atoms with Crippen LogP contribution in [0.4, 0.5) is 0 Å². The van der Waals surface area contributed by atoms with Crippen LogP contribution in [0, 0.1) is 0 Å². The van der Waals surface area contributed by atoms with Gasteiger partial charge in [-0.25, -0.2) is 24.9 Å². The van der Waals surface area contributed by atoms with Crippen molar-refractivity contribution in [3.05, 3.63) is 212 Å². The zero-order valence-corrected chi connectivity index (χ0v) is 33.9. The molecular formula is C57H35N5O. The largest absolute Gasteiger partial charge is 0.436 e. The van der Waals surface area contributed by atoms with Gasteiger partial charge in [-0.05, 0) is 63.3 Å². The molecule has 3 heterocycles. The third kappa shape index (κ3) is 6.67. The van der Waals surface area contributed by atoms with E-state index < -0.39 is 0 Å². The van der Waals surface area contributed by atoms with Crippen molar-refractivity contribution in [1.82, 2.24) is 24.9 Å². The van der Waals surface area contributed by atoms with Gasteiger partial charge in [-0.15, -0.1) is 0 Å². The van der Waals surface area contributed by atoms with Gasteiger partial charge in [0.1, 0.15) is 5.52 Å². The van der Waals surface area contributed by atoms with Crippen LogP contribution in [0.3, 0.4) is 0 Å². The highest BCUT2D eigenvalue weighted by Crippen LogP contribution is 2.38. The molecule has 0 unspecified atom stereocenters. The molecule has 0 aliphatic rings. The Labute approximate surface area is 362 Å². The Morgan fingerprint density at radius 3 is 1.25 bits per heavy atom. The van der Waals surface area contributed by atoms with E-state index in [0.717, 1.165) is 99.6 Å². The topological polar surface area (TPSA) is 77.6 Å². The lowest BCUT2D eigenvalue weighted by molar-refractivity contribution is 0.620. The number of benzene rings is 9. The summed E-state index contributed by atoms with van der Waals surface area (Å²) in [6.07, 6.45) is 0. The first-order valence-corrected chi connectivity index (χ1v) is 21.0. The molecule has 63 heavy (non-hydrogen) atoms. The highest BCUT2D eigenvalue weighted by molar-refractivity contribution is 6.04. The van der Waals surface area contributed by atoms with E-state index in [9.17, 15) is 0 Å². The van der Waals surface area contributed by atoms with Gasteiger partial charge >= 0.3 is 0 Å². The maximum atomic E-state index is 6.62. The third-order valence-electron chi connectivity index (χ3n) is 11.7.